The number of rotatable bonds is 35. The molecule has 0 unspecified atom stereocenters. The highest BCUT2D eigenvalue weighted by Crippen LogP contribution is 2.67. The second-order valence-corrected chi connectivity index (χ2v) is 24.9. The van der Waals surface area contributed by atoms with Gasteiger partial charge in [0, 0.05) is 72.4 Å². The zero-order valence-electron chi connectivity index (χ0n) is 48.7. The zero-order chi connectivity index (χ0) is 59.3. The predicted octanol–water partition coefficient (Wildman–Crippen LogP) is 9.13. The van der Waals surface area contributed by atoms with E-state index in [2.05, 4.69) is 97.0 Å². The Balaban J connectivity index is 1.07. The second kappa shape index (κ2) is 35.4. The van der Waals surface area contributed by atoms with Gasteiger partial charge in [0.2, 0.25) is 11.8 Å². The number of carbonyl (C=O) groups is 8. The molecular formula is C63H89N3O13S2. The molecule has 3 fully saturated rings. The molecule has 0 aromatic carbocycles. The molecule has 9 atom stereocenters. The third kappa shape index (κ3) is 22.3. The zero-order valence-corrected chi connectivity index (χ0v) is 50.3. The van der Waals surface area contributed by atoms with Gasteiger partial charge in [-0.3, -0.25) is 28.8 Å². The summed E-state index contributed by atoms with van der Waals surface area (Å²) < 4.78 is 21.1. The van der Waals surface area contributed by atoms with Crippen LogP contribution in [0.1, 0.15) is 119 Å². The number of ketones is 2. The number of esters is 3. The fourth-order valence-electron chi connectivity index (χ4n) is 11.8. The smallest absolute Gasteiger partial charge is 0.331 e. The quantitative estimate of drug-likeness (QED) is 0.0116. The van der Waals surface area contributed by atoms with Crippen LogP contribution in [0.5, 0.6) is 0 Å². The lowest BCUT2D eigenvalue weighted by molar-refractivity contribution is -0.165. The van der Waals surface area contributed by atoms with Crippen molar-refractivity contribution in [2.75, 3.05) is 58.1 Å². The summed E-state index contributed by atoms with van der Waals surface area (Å²) in [5.41, 5.74) is -0.879. The molecule has 446 valence electrons. The van der Waals surface area contributed by atoms with Gasteiger partial charge in [-0.1, -0.05) is 148 Å². The maximum absolute atomic E-state index is 13.6. The topological polar surface area (TPSA) is 230 Å². The van der Waals surface area contributed by atoms with Crippen LogP contribution in [0.25, 0.3) is 0 Å². The first-order chi connectivity index (χ1) is 38.8. The molecule has 4 rings (SSSR count). The molecule has 0 spiro atoms. The van der Waals surface area contributed by atoms with Crippen LogP contribution in [0.2, 0.25) is 0 Å². The van der Waals surface area contributed by atoms with Crippen molar-refractivity contribution >= 4 is 68.8 Å². The van der Waals surface area contributed by atoms with Crippen molar-refractivity contribution in [2.24, 2.45) is 45.8 Å². The molecule has 4 aliphatic carbocycles. The highest BCUT2D eigenvalue weighted by molar-refractivity contribution is 8.76. The summed E-state index contributed by atoms with van der Waals surface area (Å²) in [6.07, 6.45) is 38.0. The largest absolute Gasteiger partial charge is 0.466 e. The number of fused-ring (bicyclic) bond motifs is 5. The van der Waals surface area contributed by atoms with E-state index in [1.165, 1.54) is 21.6 Å². The van der Waals surface area contributed by atoms with E-state index in [9.17, 15) is 43.5 Å². The molecule has 0 radical (unpaired) electrons. The van der Waals surface area contributed by atoms with Gasteiger partial charge in [0.25, 0.3) is 5.91 Å². The fourth-order valence-corrected chi connectivity index (χ4v) is 13.6. The van der Waals surface area contributed by atoms with Crippen LogP contribution in [0.15, 0.2) is 109 Å². The van der Waals surface area contributed by atoms with Gasteiger partial charge < -0.3 is 40.0 Å². The lowest BCUT2D eigenvalue weighted by Gasteiger charge is -2.60. The molecule has 4 aliphatic rings. The van der Waals surface area contributed by atoms with Crippen molar-refractivity contribution in [1.29, 1.82) is 0 Å². The lowest BCUT2D eigenvalue weighted by Crippen LogP contribution is -2.57. The van der Waals surface area contributed by atoms with E-state index >= 15 is 0 Å². The number of allylic oxidation sites excluding steroid dienone is 15. The van der Waals surface area contributed by atoms with Crippen molar-refractivity contribution in [1.82, 2.24) is 16.0 Å². The minimum absolute atomic E-state index is 0.00108. The average Bonchev–Trinajstić information content (AvgIpc) is 2.83. The number of nitrogens with one attached hydrogen (secondary N) is 3. The number of methoxy groups -OCH3 is 1. The number of Topliss-reactive ketones (excluding diaryl/α,β-unsaturated/α-hetero) is 1. The van der Waals surface area contributed by atoms with E-state index in [1.54, 1.807) is 32.1 Å². The lowest BCUT2D eigenvalue weighted by atomic mass is 9.45. The van der Waals surface area contributed by atoms with Crippen molar-refractivity contribution in [3.05, 3.63) is 109 Å². The van der Waals surface area contributed by atoms with Gasteiger partial charge in [-0.25, -0.2) is 9.59 Å². The standard InChI is InChI=1S/C63H89N3O13S2/c1-8-9-10-11-12-13-14-15-16-17-18-19-20-21-22-23-24-25-26-56(73)78-44-61(3,4)59(79-57(74)30-29-55(72)76-7)60(75)66-34-32-53(70)64-35-37-80-81-38-36-65-54(71)43-77-42-52(69)49-28-27-48-47-39-45(2)50-40-46(67)31-33-62(50,5)58(47)51(68)41-63(48,49)6/h9-10,12-13,15-16,18-19,21-22,24-25,29-31,33,40,45,47-49,51,58-59,68H,8,11,14,17,20,23,26-28,32,34-39,41-44H2,1-7H3,(H,64,70)(H,65,71)(H,66,75)/b10-9-,13-12-,16-15-,19-18-,22-21-,25-24-,30-29+/t45-,47-,48-,49+,51-,58+,59-,62-,63-/m0/s1. The van der Waals surface area contributed by atoms with E-state index in [-0.39, 0.29) is 103 Å². The number of aliphatic hydroxyl groups is 1. The number of hydrogen-bond donors (Lipinski definition) is 4. The maximum atomic E-state index is 13.6. The summed E-state index contributed by atoms with van der Waals surface area (Å²) in [6, 6.07) is 0. The third-order valence-electron chi connectivity index (χ3n) is 15.7. The van der Waals surface area contributed by atoms with Crippen molar-refractivity contribution in [2.45, 2.75) is 131 Å². The Bertz CT molecular complexity index is 2420. The number of amides is 3. The first-order valence-corrected chi connectivity index (χ1v) is 31.1. The van der Waals surface area contributed by atoms with Crippen LogP contribution in [0.4, 0.5) is 0 Å². The van der Waals surface area contributed by atoms with E-state index in [1.807, 2.05) is 24.3 Å². The summed E-state index contributed by atoms with van der Waals surface area (Å²) >= 11 is 0. The molecular weight excluding hydrogens is 1070 g/mol. The Morgan fingerprint density at radius 2 is 1.36 bits per heavy atom. The molecule has 0 saturated heterocycles. The summed E-state index contributed by atoms with van der Waals surface area (Å²) in [5.74, 6) is -2.18. The molecule has 3 amide bonds. The second-order valence-electron chi connectivity index (χ2n) is 22.2. The summed E-state index contributed by atoms with van der Waals surface area (Å²) in [5, 5.41) is 19.9. The molecule has 0 aromatic rings. The fraction of sp³-hybridized carbons (Fsp3) is 0.587. The van der Waals surface area contributed by atoms with Crippen LogP contribution < -0.4 is 16.0 Å². The highest BCUT2D eigenvalue weighted by atomic mass is 33.1. The number of ether oxygens (including phenoxy) is 4. The van der Waals surface area contributed by atoms with Crippen LogP contribution in [0.3, 0.4) is 0 Å². The Kier molecular flexibility index (Phi) is 29.7. The van der Waals surface area contributed by atoms with Crippen LogP contribution >= 0.6 is 21.6 Å². The molecule has 18 heteroatoms. The Morgan fingerprint density at radius 1 is 0.778 bits per heavy atom. The molecule has 0 aliphatic heterocycles. The molecule has 0 bridgehead atoms. The van der Waals surface area contributed by atoms with Gasteiger partial charge >= 0.3 is 17.9 Å². The normalized spacial score (nSPS) is 24.9. The minimum atomic E-state index is -1.47. The first-order valence-electron chi connectivity index (χ1n) is 28.6. The summed E-state index contributed by atoms with van der Waals surface area (Å²) in [7, 11) is 4.17. The monoisotopic (exact) mass is 1160 g/mol. The molecule has 0 aromatic heterocycles. The number of carbonyl (C=O) groups excluding carboxylic acids is 8. The Labute approximate surface area is 488 Å². The van der Waals surface area contributed by atoms with Crippen LogP contribution in [0, 0.1) is 45.8 Å². The van der Waals surface area contributed by atoms with Gasteiger partial charge in [-0.2, -0.15) is 0 Å². The Hall–Kier alpha value is -5.56. The SMILES string of the molecule is CC/C=C\C/C=C\C/C=C\C/C=C\C/C=C\C/C=C\CC(=O)OCC(C)(C)[C@@H](OC(=O)/C=C/C(=O)OC)C(=O)NCCC(=O)NCCSSCCNC(=O)COCC(=O)[C@H]1CC[C@H]2[C@@H]3C[C@H](C)C4=CC(=O)C=C[C@]4(C)[C@H]3[C@@H](O)C[C@]12C. The Morgan fingerprint density at radius 3 is 1.96 bits per heavy atom. The van der Waals surface area contributed by atoms with E-state index < -0.39 is 41.4 Å². The summed E-state index contributed by atoms with van der Waals surface area (Å²) in [4.78, 5) is 101. The van der Waals surface area contributed by atoms with E-state index in [0.29, 0.717) is 37.4 Å². The van der Waals surface area contributed by atoms with Crippen LogP contribution in [-0.4, -0.2) is 123 Å². The summed E-state index contributed by atoms with van der Waals surface area (Å²) in [6.45, 7) is 11.7. The minimum Gasteiger partial charge on any atom is -0.466 e. The number of hydrogen-bond acceptors (Lipinski definition) is 15. The number of aliphatic hydroxyl groups excluding tert-OH is 1. The van der Waals surface area contributed by atoms with E-state index in [0.717, 1.165) is 76.2 Å². The van der Waals surface area contributed by atoms with Crippen molar-refractivity contribution < 1.29 is 62.4 Å². The van der Waals surface area contributed by atoms with Crippen molar-refractivity contribution in [3.63, 3.8) is 0 Å². The van der Waals surface area contributed by atoms with Gasteiger partial charge in [0.1, 0.15) is 19.8 Å². The molecule has 81 heavy (non-hydrogen) atoms. The first kappa shape index (κ1) is 67.9. The average molecular weight is 1160 g/mol. The maximum Gasteiger partial charge on any atom is 0.331 e. The van der Waals surface area contributed by atoms with Gasteiger partial charge in [0.15, 0.2) is 17.7 Å². The van der Waals surface area contributed by atoms with Gasteiger partial charge in [-0.15, -0.1) is 0 Å². The molecule has 0 heterocycles. The van der Waals surface area contributed by atoms with Gasteiger partial charge in [0.05, 0.1) is 19.6 Å². The van der Waals surface area contributed by atoms with Crippen molar-refractivity contribution in [3.8, 4) is 0 Å². The van der Waals surface area contributed by atoms with E-state index in [4.69, 9.17) is 14.2 Å². The molecule has 4 N–H and O–H groups in total. The van der Waals surface area contributed by atoms with Gasteiger partial charge in [-0.05, 0) is 99.5 Å². The molecule has 3 saturated carbocycles. The highest BCUT2D eigenvalue weighted by Gasteiger charge is 2.63. The predicted molar refractivity (Wildman–Crippen MR) is 319 cm³/mol. The molecule has 16 nitrogen and oxygen atoms in total. The van der Waals surface area contributed by atoms with Crippen LogP contribution in [-0.2, 0) is 57.3 Å². The third-order valence-corrected chi connectivity index (χ3v) is 18.1.